The van der Waals surface area contributed by atoms with Crippen LogP contribution in [-0.4, -0.2) is 34.7 Å². The zero-order valence-electron chi connectivity index (χ0n) is 12.3. The van der Waals surface area contributed by atoms with Crippen molar-refractivity contribution in [3.05, 3.63) is 42.0 Å². The summed E-state index contributed by atoms with van der Waals surface area (Å²) in [6.07, 6.45) is 3.82. The summed E-state index contributed by atoms with van der Waals surface area (Å²) in [5.41, 5.74) is 1.57. The highest BCUT2D eigenvalue weighted by Crippen LogP contribution is 2.19. The molecule has 0 aliphatic carbocycles. The fourth-order valence-corrected chi connectivity index (χ4v) is 2.13. The molecule has 0 aliphatic rings. The van der Waals surface area contributed by atoms with E-state index in [2.05, 4.69) is 16.8 Å². The molecular formula is C16H21FN2O2. The predicted octanol–water partition coefficient (Wildman–Crippen LogP) is 3.08. The van der Waals surface area contributed by atoms with E-state index in [4.69, 9.17) is 9.52 Å². The van der Waals surface area contributed by atoms with Crippen molar-refractivity contribution in [1.82, 2.24) is 9.88 Å². The minimum absolute atomic E-state index is 0.131. The van der Waals surface area contributed by atoms with E-state index in [1.807, 2.05) is 0 Å². The number of aliphatic hydroxyl groups excluding tert-OH is 1. The van der Waals surface area contributed by atoms with Crippen LogP contribution in [0.1, 0.15) is 25.5 Å². The fourth-order valence-electron chi connectivity index (χ4n) is 2.13. The average Bonchev–Trinajstić information content (AvgIpc) is 2.94. The molecule has 0 amide bonds. The molecule has 1 heterocycles. The van der Waals surface area contributed by atoms with E-state index in [-0.39, 0.29) is 12.4 Å². The molecule has 0 bridgehead atoms. The van der Waals surface area contributed by atoms with Gasteiger partial charge in [-0.1, -0.05) is 13.3 Å². The minimum atomic E-state index is -0.279. The topological polar surface area (TPSA) is 49.5 Å². The Kier molecular flexibility index (Phi) is 5.90. The summed E-state index contributed by atoms with van der Waals surface area (Å²) in [4.78, 5) is 6.58. The number of rotatable bonds is 8. The Hall–Kier alpha value is -1.72. The molecule has 0 fully saturated rings. The molecule has 1 N–H and O–H groups in total. The number of halogens is 1. The highest BCUT2D eigenvalue weighted by molar-refractivity contribution is 5.52. The van der Waals surface area contributed by atoms with E-state index in [1.165, 1.54) is 12.1 Å². The highest BCUT2D eigenvalue weighted by atomic mass is 19.1. The van der Waals surface area contributed by atoms with Crippen LogP contribution >= 0.6 is 0 Å². The first-order valence-corrected chi connectivity index (χ1v) is 7.26. The largest absolute Gasteiger partial charge is 0.444 e. The highest BCUT2D eigenvalue weighted by Gasteiger charge is 2.11. The number of benzene rings is 1. The summed E-state index contributed by atoms with van der Waals surface area (Å²) in [6.45, 7) is 4.46. The maximum Gasteiger partial charge on any atom is 0.226 e. The van der Waals surface area contributed by atoms with Crippen LogP contribution in [0.3, 0.4) is 0 Å². The van der Waals surface area contributed by atoms with Gasteiger partial charge in [-0.3, -0.25) is 4.90 Å². The molecule has 0 saturated heterocycles. The van der Waals surface area contributed by atoms with Crippen LogP contribution in [0.15, 0.2) is 34.9 Å². The van der Waals surface area contributed by atoms with Gasteiger partial charge in [-0.2, -0.15) is 0 Å². The van der Waals surface area contributed by atoms with E-state index in [9.17, 15) is 4.39 Å². The van der Waals surface area contributed by atoms with Crippen molar-refractivity contribution in [2.45, 2.75) is 26.3 Å². The third-order valence-corrected chi connectivity index (χ3v) is 3.27. The number of nitrogens with zero attached hydrogens (tertiary/aromatic N) is 2. The number of hydrogen-bond donors (Lipinski definition) is 1. The summed E-state index contributed by atoms with van der Waals surface area (Å²) in [6, 6.07) is 6.07. The Morgan fingerprint density at radius 3 is 2.67 bits per heavy atom. The Morgan fingerprint density at radius 2 is 2.00 bits per heavy atom. The third kappa shape index (κ3) is 4.65. The van der Waals surface area contributed by atoms with Crippen molar-refractivity contribution in [3.63, 3.8) is 0 Å². The molecule has 0 aliphatic heterocycles. The van der Waals surface area contributed by atoms with Crippen LogP contribution in [0.2, 0.25) is 0 Å². The van der Waals surface area contributed by atoms with Crippen LogP contribution < -0.4 is 0 Å². The van der Waals surface area contributed by atoms with Gasteiger partial charge in [0.1, 0.15) is 12.1 Å². The van der Waals surface area contributed by atoms with Gasteiger partial charge in [-0.25, -0.2) is 9.37 Å². The molecule has 5 heteroatoms. The van der Waals surface area contributed by atoms with Gasteiger partial charge in [0.25, 0.3) is 0 Å². The normalized spacial score (nSPS) is 11.2. The summed E-state index contributed by atoms with van der Waals surface area (Å²) in [5.74, 6) is 0.212. The number of aromatic nitrogens is 1. The van der Waals surface area contributed by atoms with Crippen LogP contribution in [0.5, 0.6) is 0 Å². The second-order valence-electron chi connectivity index (χ2n) is 5.00. The lowest BCUT2D eigenvalue weighted by atomic mass is 10.2. The van der Waals surface area contributed by atoms with Gasteiger partial charge in [0.2, 0.25) is 5.89 Å². The van der Waals surface area contributed by atoms with Crippen molar-refractivity contribution in [2.24, 2.45) is 0 Å². The fraction of sp³-hybridized carbons (Fsp3) is 0.438. The number of hydrogen-bond acceptors (Lipinski definition) is 4. The molecule has 0 radical (unpaired) electrons. The molecule has 0 saturated carbocycles. The van der Waals surface area contributed by atoms with Crippen molar-refractivity contribution in [2.75, 3.05) is 19.7 Å². The maximum atomic E-state index is 12.9. The van der Waals surface area contributed by atoms with Crippen LogP contribution in [-0.2, 0) is 6.54 Å². The summed E-state index contributed by atoms with van der Waals surface area (Å²) in [7, 11) is 0. The minimum Gasteiger partial charge on any atom is -0.444 e. The molecule has 114 valence electrons. The van der Waals surface area contributed by atoms with E-state index < -0.39 is 0 Å². The average molecular weight is 292 g/mol. The zero-order valence-corrected chi connectivity index (χ0v) is 12.3. The molecule has 2 rings (SSSR count). The number of oxazole rings is 1. The van der Waals surface area contributed by atoms with Crippen molar-refractivity contribution >= 4 is 0 Å². The molecule has 21 heavy (non-hydrogen) atoms. The first-order valence-electron chi connectivity index (χ1n) is 7.26. The molecule has 4 nitrogen and oxygen atoms in total. The maximum absolute atomic E-state index is 12.9. The van der Waals surface area contributed by atoms with Gasteiger partial charge in [-0.15, -0.1) is 0 Å². The van der Waals surface area contributed by atoms with E-state index in [0.717, 1.165) is 30.6 Å². The molecule has 0 atom stereocenters. The van der Waals surface area contributed by atoms with Gasteiger partial charge in [0.15, 0.2) is 0 Å². The summed E-state index contributed by atoms with van der Waals surface area (Å²) >= 11 is 0. The Labute approximate surface area is 124 Å². The molecule has 1 aromatic heterocycles. The number of aliphatic hydroxyl groups is 1. The summed E-state index contributed by atoms with van der Waals surface area (Å²) < 4.78 is 18.4. The van der Waals surface area contributed by atoms with E-state index in [1.54, 1.807) is 18.4 Å². The predicted molar refractivity (Wildman–Crippen MR) is 79.2 cm³/mol. The first-order chi connectivity index (χ1) is 10.2. The zero-order chi connectivity index (χ0) is 15.1. The monoisotopic (exact) mass is 292 g/mol. The molecule has 1 aromatic carbocycles. The van der Waals surface area contributed by atoms with Crippen LogP contribution in [0, 0.1) is 5.82 Å². The van der Waals surface area contributed by atoms with Crippen molar-refractivity contribution < 1.29 is 13.9 Å². The molecular weight excluding hydrogens is 271 g/mol. The van der Waals surface area contributed by atoms with E-state index >= 15 is 0 Å². The Morgan fingerprint density at radius 1 is 1.24 bits per heavy atom. The Balaban J connectivity index is 2.02. The van der Waals surface area contributed by atoms with Gasteiger partial charge in [-0.05, 0) is 37.2 Å². The molecule has 0 unspecified atom stereocenters. The van der Waals surface area contributed by atoms with Gasteiger partial charge >= 0.3 is 0 Å². The Bertz CT molecular complexity index is 539. The molecule has 0 spiro atoms. The van der Waals surface area contributed by atoms with Crippen LogP contribution in [0.4, 0.5) is 4.39 Å². The van der Waals surface area contributed by atoms with Crippen LogP contribution in [0.25, 0.3) is 11.5 Å². The van der Waals surface area contributed by atoms with Gasteiger partial charge < -0.3 is 9.52 Å². The lowest BCUT2D eigenvalue weighted by Crippen LogP contribution is -2.27. The number of unbranched alkanes of at least 4 members (excludes halogenated alkanes) is 1. The first kappa shape index (κ1) is 15.7. The lowest BCUT2D eigenvalue weighted by Gasteiger charge is -2.19. The quantitative estimate of drug-likeness (QED) is 0.812. The van der Waals surface area contributed by atoms with Gasteiger partial charge in [0.05, 0.1) is 12.3 Å². The lowest BCUT2D eigenvalue weighted by molar-refractivity contribution is 0.187. The standard InChI is InChI=1S/C16H21FN2O2/c1-2-3-8-19(9-10-20)11-15-12-21-16(18-15)13-4-6-14(17)7-5-13/h4-7,12,20H,2-3,8-11H2,1H3. The summed E-state index contributed by atoms with van der Waals surface area (Å²) in [5, 5.41) is 9.10. The SMILES string of the molecule is CCCCN(CCO)Cc1coc(-c2ccc(F)cc2)n1. The van der Waals surface area contributed by atoms with Gasteiger partial charge in [0, 0.05) is 18.7 Å². The van der Waals surface area contributed by atoms with Crippen molar-refractivity contribution in [3.8, 4) is 11.5 Å². The van der Waals surface area contributed by atoms with E-state index in [0.29, 0.717) is 19.0 Å². The second kappa shape index (κ2) is 7.90. The second-order valence-corrected chi connectivity index (χ2v) is 5.00. The third-order valence-electron chi connectivity index (χ3n) is 3.27. The van der Waals surface area contributed by atoms with Crippen molar-refractivity contribution in [1.29, 1.82) is 0 Å². The molecule has 2 aromatic rings. The smallest absolute Gasteiger partial charge is 0.226 e.